The van der Waals surface area contributed by atoms with Gasteiger partial charge in [-0.3, -0.25) is 14.5 Å². The van der Waals surface area contributed by atoms with Crippen molar-refractivity contribution in [2.75, 3.05) is 68.8 Å². The largest absolute Gasteiger partial charge is 0.368 e. The first-order chi connectivity index (χ1) is 14.1. The molecule has 2 amide bonds. The zero-order valence-electron chi connectivity index (χ0n) is 17.4. The summed E-state index contributed by atoms with van der Waals surface area (Å²) in [5.74, 6) is 2.47. The zero-order valence-corrected chi connectivity index (χ0v) is 18.2. The molecule has 7 heteroatoms. The van der Waals surface area contributed by atoms with E-state index in [2.05, 4.69) is 41.0 Å². The third kappa shape index (κ3) is 4.89. The highest BCUT2D eigenvalue weighted by Gasteiger charge is 2.36. The lowest BCUT2D eigenvalue weighted by Gasteiger charge is -2.37. The number of thioether (sulfide) groups is 1. The van der Waals surface area contributed by atoms with Crippen LogP contribution in [0, 0.1) is 6.92 Å². The van der Waals surface area contributed by atoms with Gasteiger partial charge in [0.15, 0.2) is 0 Å². The third-order valence-electron chi connectivity index (χ3n) is 6.31. The third-order valence-corrected chi connectivity index (χ3v) is 7.25. The molecule has 0 aliphatic carbocycles. The van der Waals surface area contributed by atoms with Crippen LogP contribution < -0.4 is 4.90 Å². The summed E-state index contributed by atoms with van der Waals surface area (Å²) in [5, 5.41) is 0. The van der Waals surface area contributed by atoms with Crippen molar-refractivity contribution in [1.29, 1.82) is 0 Å². The summed E-state index contributed by atoms with van der Waals surface area (Å²) in [5.41, 5.74) is 2.50. The SMILES string of the molecule is Cc1cccc(N2CCN(C(=O)CN3CCCC3C(=O)N3CCSCC3)CC2)c1. The van der Waals surface area contributed by atoms with Gasteiger partial charge in [0.25, 0.3) is 0 Å². The Balaban J connectivity index is 1.29. The van der Waals surface area contributed by atoms with E-state index in [1.807, 2.05) is 21.6 Å². The second kappa shape index (κ2) is 9.39. The number of rotatable bonds is 4. The fourth-order valence-electron chi connectivity index (χ4n) is 4.60. The highest BCUT2D eigenvalue weighted by Crippen LogP contribution is 2.22. The van der Waals surface area contributed by atoms with E-state index in [1.54, 1.807) is 0 Å². The van der Waals surface area contributed by atoms with Crippen LogP contribution in [0.3, 0.4) is 0 Å². The molecule has 29 heavy (non-hydrogen) atoms. The van der Waals surface area contributed by atoms with E-state index in [0.29, 0.717) is 6.54 Å². The minimum Gasteiger partial charge on any atom is -0.368 e. The standard InChI is InChI=1S/C22H32N4O2S/c1-18-4-2-5-19(16-18)23-8-10-24(11-9-23)21(27)17-26-7-3-6-20(26)22(28)25-12-14-29-15-13-25/h2,4-5,16,20H,3,6-15,17H2,1H3. The van der Waals surface area contributed by atoms with Crippen LogP contribution >= 0.6 is 11.8 Å². The zero-order chi connectivity index (χ0) is 20.2. The Morgan fingerprint density at radius 3 is 2.48 bits per heavy atom. The van der Waals surface area contributed by atoms with Crippen molar-refractivity contribution in [3.63, 3.8) is 0 Å². The Labute approximate surface area is 178 Å². The van der Waals surface area contributed by atoms with Gasteiger partial charge in [-0.2, -0.15) is 11.8 Å². The smallest absolute Gasteiger partial charge is 0.239 e. The van der Waals surface area contributed by atoms with Gasteiger partial charge in [-0.15, -0.1) is 0 Å². The number of nitrogens with zero attached hydrogens (tertiary/aromatic N) is 4. The van der Waals surface area contributed by atoms with Gasteiger partial charge in [0.05, 0.1) is 12.6 Å². The molecule has 0 saturated carbocycles. The van der Waals surface area contributed by atoms with E-state index in [0.717, 1.165) is 70.2 Å². The molecule has 1 unspecified atom stereocenters. The van der Waals surface area contributed by atoms with Crippen molar-refractivity contribution >= 4 is 29.3 Å². The predicted octanol–water partition coefficient (Wildman–Crippen LogP) is 1.68. The number of carbonyl (C=O) groups is 2. The quantitative estimate of drug-likeness (QED) is 0.748. The minimum atomic E-state index is -0.101. The number of amides is 2. The molecular weight excluding hydrogens is 384 g/mol. The first kappa shape index (κ1) is 20.5. The number of hydrogen-bond donors (Lipinski definition) is 0. The van der Waals surface area contributed by atoms with E-state index < -0.39 is 0 Å². The van der Waals surface area contributed by atoms with E-state index in [-0.39, 0.29) is 17.9 Å². The molecule has 0 radical (unpaired) electrons. The summed E-state index contributed by atoms with van der Waals surface area (Å²) < 4.78 is 0. The van der Waals surface area contributed by atoms with Crippen LogP contribution in [0.1, 0.15) is 18.4 Å². The van der Waals surface area contributed by atoms with Crippen LogP contribution in [0.25, 0.3) is 0 Å². The Bertz CT molecular complexity index is 729. The lowest BCUT2D eigenvalue weighted by atomic mass is 10.1. The van der Waals surface area contributed by atoms with Crippen molar-refractivity contribution in [3.05, 3.63) is 29.8 Å². The molecule has 3 fully saturated rings. The van der Waals surface area contributed by atoms with Crippen molar-refractivity contribution < 1.29 is 9.59 Å². The monoisotopic (exact) mass is 416 g/mol. The minimum absolute atomic E-state index is 0.101. The van der Waals surface area contributed by atoms with Gasteiger partial charge >= 0.3 is 0 Å². The number of hydrogen-bond acceptors (Lipinski definition) is 5. The topological polar surface area (TPSA) is 47.1 Å². The summed E-state index contributed by atoms with van der Waals surface area (Å²) >= 11 is 1.92. The van der Waals surface area contributed by atoms with Crippen LogP contribution in [-0.4, -0.2) is 96.4 Å². The van der Waals surface area contributed by atoms with Crippen molar-refractivity contribution in [3.8, 4) is 0 Å². The number of carbonyl (C=O) groups excluding carboxylic acids is 2. The van der Waals surface area contributed by atoms with Gasteiger partial charge in [0, 0.05) is 56.5 Å². The number of piperazine rings is 1. The molecule has 4 rings (SSSR count). The molecule has 0 N–H and O–H groups in total. The van der Waals surface area contributed by atoms with E-state index in [1.165, 1.54) is 11.3 Å². The van der Waals surface area contributed by atoms with Crippen molar-refractivity contribution in [1.82, 2.24) is 14.7 Å². The maximum Gasteiger partial charge on any atom is 0.239 e. The highest BCUT2D eigenvalue weighted by molar-refractivity contribution is 7.99. The van der Waals surface area contributed by atoms with Crippen molar-refractivity contribution in [2.45, 2.75) is 25.8 Å². The lowest BCUT2D eigenvalue weighted by Crippen LogP contribution is -2.54. The average Bonchev–Trinajstić information content (AvgIpc) is 3.22. The van der Waals surface area contributed by atoms with Gasteiger partial charge in [-0.1, -0.05) is 12.1 Å². The molecule has 3 saturated heterocycles. The average molecular weight is 417 g/mol. The normalized spacial score (nSPS) is 23.5. The number of anilines is 1. The molecule has 6 nitrogen and oxygen atoms in total. The number of likely N-dealkylation sites (tertiary alicyclic amines) is 1. The molecule has 1 aromatic carbocycles. The van der Waals surface area contributed by atoms with Crippen LogP contribution in [0.2, 0.25) is 0 Å². The Kier molecular flexibility index (Phi) is 6.65. The molecule has 1 atom stereocenters. The predicted molar refractivity (Wildman–Crippen MR) is 118 cm³/mol. The fourth-order valence-corrected chi connectivity index (χ4v) is 5.51. The van der Waals surface area contributed by atoms with Gasteiger partial charge in [-0.25, -0.2) is 0 Å². The second-order valence-corrected chi connectivity index (χ2v) is 9.50. The first-order valence-electron chi connectivity index (χ1n) is 10.8. The maximum absolute atomic E-state index is 12.9. The summed E-state index contributed by atoms with van der Waals surface area (Å²) in [6.07, 6.45) is 1.89. The van der Waals surface area contributed by atoms with Crippen LogP contribution in [-0.2, 0) is 9.59 Å². The summed E-state index contributed by atoms with van der Waals surface area (Å²) in [6.45, 7) is 8.28. The molecule has 0 aromatic heterocycles. The molecule has 3 heterocycles. The molecule has 1 aromatic rings. The highest BCUT2D eigenvalue weighted by atomic mass is 32.2. The maximum atomic E-state index is 12.9. The summed E-state index contributed by atoms with van der Waals surface area (Å²) in [7, 11) is 0. The molecule has 3 aliphatic rings. The van der Waals surface area contributed by atoms with Gasteiger partial charge in [0.2, 0.25) is 11.8 Å². The van der Waals surface area contributed by atoms with E-state index in [4.69, 9.17) is 0 Å². The summed E-state index contributed by atoms with van der Waals surface area (Å²) in [6, 6.07) is 8.45. The van der Waals surface area contributed by atoms with Crippen LogP contribution in [0.4, 0.5) is 5.69 Å². The number of benzene rings is 1. The van der Waals surface area contributed by atoms with Crippen LogP contribution in [0.5, 0.6) is 0 Å². The van der Waals surface area contributed by atoms with Gasteiger partial charge < -0.3 is 14.7 Å². The Morgan fingerprint density at radius 1 is 1.00 bits per heavy atom. The van der Waals surface area contributed by atoms with Crippen molar-refractivity contribution in [2.24, 2.45) is 0 Å². The molecule has 158 valence electrons. The summed E-state index contributed by atoms with van der Waals surface area (Å²) in [4.78, 5) is 34.3. The van der Waals surface area contributed by atoms with Gasteiger partial charge in [0.1, 0.15) is 0 Å². The van der Waals surface area contributed by atoms with Gasteiger partial charge in [-0.05, 0) is 44.0 Å². The fraction of sp³-hybridized carbons (Fsp3) is 0.636. The second-order valence-electron chi connectivity index (χ2n) is 8.27. The number of aryl methyl sites for hydroxylation is 1. The first-order valence-corrected chi connectivity index (χ1v) is 12.0. The van der Waals surface area contributed by atoms with E-state index >= 15 is 0 Å². The Morgan fingerprint density at radius 2 is 1.76 bits per heavy atom. The van der Waals surface area contributed by atoms with Crippen LogP contribution in [0.15, 0.2) is 24.3 Å². The molecule has 3 aliphatic heterocycles. The molecule has 0 spiro atoms. The molecular formula is C22H32N4O2S. The Hall–Kier alpha value is -1.73. The van der Waals surface area contributed by atoms with E-state index in [9.17, 15) is 9.59 Å². The lowest BCUT2D eigenvalue weighted by molar-refractivity contribution is -0.138. The molecule has 0 bridgehead atoms.